The lowest BCUT2D eigenvalue weighted by Crippen LogP contribution is -2.43. The van der Waals surface area contributed by atoms with Gasteiger partial charge in [-0.15, -0.1) is 0 Å². The SMILES string of the molecule is CCc1cccc(NC(=O)C2CCCCN2)c1. The molecule has 1 fully saturated rings. The summed E-state index contributed by atoms with van der Waals surface area (Å²) in [4.78, 5) is 12.0. The van der Waals surface area contributed by atoms with Crippen LogP contribution in [0.1, 0.15) is 31.7 Å². The van der Waals surface area contributed by atoms with E-state index >= 15 is 0 Å². The van der Waals surface area contributed by atoms with Crippen molar-refractivity contribution in [1.82, 2.24) is 5.32 Å². The smallest absolute Gasteiger partial charge is 0.241 e. The van der Waals surface area contributed by atoms with E-state index in [1.807, 2.05) is 18.2 Å². The number of carbonyl (C=O) groups is 1. The van der Waals surface area contributed by atoms with Crippen molar-refractivity contribution >= 4 is 11.6 Å². The minimum atomic E-state index is -0.0194. The highest BCUT2D eigenvalue weighted by Gasteiger charge is 2.20. The predicted molar refractivity (Wildman–Crippen MR) is 70.1 cm³/mol. The van der Waals surface area contributed by atoms with Crippen molar-refractivity contribution in [3.63, 3.8) is 0 Å². The summed E-state index contributed by atoms with van der Waals surface area (Å²) in [5.41, 5.74) is 2.15. The third kappa shape index (κ3) is 3.30. The van der Waals surface area contributed by atoms with Crippen LogP contribution in [-0.4, -0.2) is 18.5 Å². The molecule has 1 aliphatic rings. The van der Waals surface area contributed by atoms with Gasteiger partial charge < -0.3 is 10.6 Å². The summed E-state index contributed by atoms with van der Waals surface area (Å²) in [5, 5.41) is 6.24. The number of hydrogen-bond donors (Lipinski definition) is 2. The summed E-state index contributed by atoms with van der Waals surface area (Å²) >= 11 is 0. The van der Waals surface area contributed by atoms with E-state index in [-0.39, 0.29) is 11.9 Å². The number of hydrogen-bond acceptors (Lipinski definition) is 2. The van der Waals surface area contributed by atoms with Crippen molar-refractivity contribution in [3.8, 4) is 0 Å². The van der Waals surface area contributed by atoms with E-state index in [2.05, 4.69) is 23.6 Å². The molecule has 1 aliphatic heterocycles. The van der Waals surface area contributed by atoms with E-state index in [1.165, 1.54) is 12.0 Å². The van der Waals surface area contributed by atoms with E-state index in [9.17, 15) is 4.79 Å². The number of piperidine rings is 1. The molecule has 1 aromatic carbocycles. The Hall–Kier alpha value is -1.35. The first-order valence-corrected chi connectivity index (χ1v) is 6.43. The molecule has 0 radical (unpaired) electrons. The minimum absolute atomic E-state index is 0.0194. The van der Waals surface area contributed by atoms with E-state index in [1.54, 1.807) is 0 Å². The molecule has 3 heteroatoms. The summed E-state index contributed by atoms with van der Waals surface area (Å²) < 4.78 is 0. The topological polar surface area (TPSA) is 41.1 Å². The maximum atomic E-state index is 12.0. The molecule has 1 heterocycles. The van der Waals surface area contributed by atoms with Crippen molar-refractivity contribution in [2.45, 2.75) is 38.6 Å². The largest absolute Gasteiger partial charge is 0.325 e. The lowest BCUT2D eigenvalue weighted by atomic mass is 10.0. The van der Waals surface area contributed by atoms with Gasteiger partial charge in [-0.3, -0.25) is 4.79 Å². The highest BCUT2D eigenvalue weighted by Crippen LogP contribution is 2.13. The average molecular weight is 232 g/mol. The van der Waals surface area contributed by atoms with Crippen molar-refractivity contribution < 1.29 is 4.79 Å². The molecule has 2 rings (SSSR count). The molecule has 3 nitrogen and oxygen atoms in total. The standard InChI is InChI=1S/C14H20N2O/c1-2-11-6-5-7-12(10-11)16-14(17)13-8-3-4-9-15-13/h5-7,10,13,15H,2-4,8-9H2,1H3,(H,16,17). The van der Waals surface area contributed by atoms with Gasteiger partial charge in [-0.05, 0) is 43.5 Å². The second-order valence-electron chi connectivity index (χ2n) is 4.55. The van der Waals surface area contributed by atoms with Gasteiger partial charge >= 0.3 is 0 Å². The molecule has 0 spiro atoms. The first kappa shape index (κ1) is 12.1. The molecule has 0 aromatic heterocycles. The number of aryl methyl sites for hydroxylation is 1. The lowest BCUT2D eigenvalue weighted by Gasteiger charge is -2.22. The van der Waals surface area contributed by atoms with Crippen LogP contribution in [0.3, 0.4) is 0 Å². The van der Waals surface area contributed by atoms with Crippen LogP contribution in [0, 0.1) is 0 Å². The molecule has 0 bridgehead atoms. The van der Waals surface area contributed by atoms with Crippen LogP contribution in [0.5, 0.6) is 0 Å². The summed E-state index contributed by atoms with van der Waals surface area (Å²) in [6.07, 6.45) is 4.25. The molecule has 17 heavy (non-hydrogen) atoms. The number of amides is 1. The van der Waals surface area contributed by atoms with Crippen molar-refractivity contribution in [3.05, 3.63) is 29.8 Å². The fourth-order valence-corrected chi connectivity index (χ4v) is 2.17. The third-order valence-corrected chi connectivity index (χ3v) is 3.23. The second kappa shape index (κ2) is 5.82. The zero-order valence-electron chi connectivity index (χ0n) is 10.3. The molecule has 2 N–H and O–H groups in total. The van der Waals surface area contributed by atoms with Gasteiger partial charge in [-0.1, -0.05) is 25.5 Å². The number of nitrogens with one attached hydrogen (secondary N) is 2. The maximum Gasteiger partial charge on any atom is 0.241 e. The van der Waals surface area contributed by atoms with Gasteiger partial charge in [0.05, 0.1) is 6.04 Å². The molecule has 1 atom stereocenters. The van der Waals surface area contributed by atoms with Crippen LogP contribution in [0.15, 0.2) is 24.3 Å². The Morgan fingerprint density at radius 2 is 2.35 bits per heavy atom. The summed E-state index contributed by atoms with van der Waals surface area (Å²) in [6.45, 7) is 3.07. The minimum Gasteiger partial charge on any atom is -0.325 e. The highest BCUT2D eigenvalue weighted by atomic mass is 16.2. The van der Waals surface area contributed by atoms with E-state index in [0.717, 1.165) is 31.5 Å². The lowest BCUT2D eigenvalue weighted by molar-refractivity contribution is -0.118. The van der Waals surface area contributed by atoms with Gasteiger partial charge in [-0.25, -0.2) is 0 Å². The molecular formula is C14H20N2O. The van der Waals surface area contributed by atoms with E-state index in [4.69, 9.17) is 0 Å². The second-order valence-corrected chi connectivity index (χ2v) is 4.55. The van der Waals surface area contributed by atoms with E-state index in [0.29, 0.717) is 0 Å². The molecule has 0 aliphatic carbocycles. The first-order chi connectivity index (χ1) is 8.29. The quantitative estimate of drug-likeness (QED) is 0.839. The van der Waals surface area contributed by atoms with Crippen molar-refractivity contribution in [2.75, 3.05) is 11.9 Å². The first-order valence-electron chi connectivity index (χ1n) is 6.43. The Kier molecular flexibility index (Phi) is 4.15. The Balaban J connectivity index is 1.96. The van der Waals surface area contributed by atoms with Crippen LogP contribution in [0.25, 0.3) is 0 Å². The summed E-state index contributed by atoms with van der Waals surface area (Å²) in [7, 11) is 0. The van der Waals surface area contributed by atoms with Gasteiger partial charge in [0.15, 0.2) is 0 Å². The summed E-state index contributed by atoms with van der Waals surface area (Å²) in [6, 6.07) is 8.03. The maximum absolute atomic E-state index is 12.0. The molecule has 1 amide bonds. The fourth-order valence-electron chi connectivity index (χ4n) is 2.17. The third-order valence-electron chi connectivity index (χ3n) is 3.23. The molecule has 1 saturated heterocycles. The number of carbonyl (C=O) groups excluding carboxylic acids is 1. The summed E-state index contributed by atoms with van der Waals surface area (Å²) in [5.74, 6) is 0.0953. The van der Waals surface area contributed by atoms with Crippen LogP contribution < -0.4 is 10.6 Å². The van der Waals surface area contributed by atoms with Crippen LogP contribution in [0.2, 0.25) is 0 Å². The zero-order valence-corrected chi connectivity index (χ0v) is 10.3. The molecule has 92 valence electrons. The van der Waals surface area contributed by atoms with Gasteiger partial charge in [0, 0.05) is 5.69 Å². The fraction of sp³-hybridized carbons (Fsp3) is 0.500. The Bertz CT molecular complexity index is 384. The van der Waals surface area contributed by atoms with Gasteiger partial charge in [0.1, 0.15) is 0 Å². The van der Waals surface area contributed by atoms with E-state index < -0.39 is 0 Å². The van der Waals surface area contributed by atoms with Gasteiger partial charge in [0.25, 0.3) is 0 Å². The van der Waals surface area contributed by atoms with Gasteiger partial charge in [0.2, 0.25) is 5.91 Å². The number of benzene rings is 1. The van der Waals surface area contributed by atoms with Crippen molar-refractivity contribution in [2.24, 2.45) is 0 Å². The molecular weight excluding hydrogens is 212 g/mol. The number of anilines is 1. The molecule has 0 saturated carbocycles. The Morgan fingerprint density at radius 3 is 3.06 bits per heavy atom. The van der Waals surface area contributed by atoms with Crippen LogP contribution in [-0.2, 0) is 11.2 Å². The molecule has 1 aromatic rings. The monoisotopic (exact) mass is 232 g/mol. The Morgan fingerprint density at radius 1 is 1.47 bits per heavy atom. The average Bonchev–Trinajstić information content (AvgIpc) is 2.40. The highest BCUT2D eigenvalue weighted by molar-refractivity contribution is 5.94. The number of rotatable bonds is 3. The van der Waals surface area contributed by atoms with Crippen LogP contribution >= 0.6 is 0 Å². The van der Waals surface area contributed by atoms with Crippen molar-refractivity contribution in [1.29, 1.82) is 0 Å². The normalized spacial score (nSPS) is 19.9. The molecule has 1 unspecified atom stereocenters. The zero-order chi connectivity index (χ0) is 12.1. The predicted octanol–water partition coefficient (Wildman–Crippen LogP) is 2.33. The Labute approximate surface area is 103 Å². The van der Waals surface area contributed by atoms with Gasteiger partial charge in [-0.2, -0.15) is 0 Å². The van der Waals surface area contributed by atoms with Crippen LogP contribution in [0.4, 0.5) is 5.69 Å².